The van der Waals surface area contributed by atoms with Crippen molar-refractivity contribution < 1.29 is 12.8 Å². The molecule has 0 unspecified atom stereocenters. The first-order chi connectivity index (χ1) is 18.7. The zero-order valence-electron chi connectivity index (χ0n) is 20.3. The molecule has 0 bridgehead atoms. The molecule has 196 valence electrons. The van der Waals surface area contributed by atoms with Gasteiger partial charge in [0.05, 0.1) is 17.2 Å². The lowest BCUT2D eigenvalue weighted by Crippen LogP contribution is -2.33. The Morgan fingerprint density at radius 3 is 2.08 bits per heavy atom. The van der Waals surface area contributed by atoms with Crippen molar-refractivity contribution in [3.63, 3.8) is 0 Å². The first-order valence-corrected chi connectivity index (χ1v) is 14.0. The Morgan fingerprint density at radius 1 is 0.872 bits per heavy atom. The van der Waals surface area contributed by atoms with E-state index in [-0.39, 0.29) is 34.5 Å². The smallest absolute Gasteiger partial charge is 0.284 e. The molecule has 1 heterocycles. The molecule has 0 spiro atoms. The first-order valence-electron chi connectivity index (χ1n) is 11.8. The van der Waals surface area contributed by atoms with Gasteiger partial charge < -0.3 is 0 Å². The quantitative estimate of drug-likeness (QED) is 0.202. The van der Waals surface area contributed by atoms with Gasteiger partial charge in [0.15, 0.2) is 5.84 Å². The topological polar surface area (TPSA) is 85.9 Å². The molecule has 0 amide bonds. The molecule has 1 aliphatic rings. The number of benzene rings is 4. The van der Waals surface area contributed by atoms with Gasteiger partial charge in [0, 0.05) is 21.5 Å². The SMILES string of the molecule is N=C(/C(=N\S(=O)(=O)c1ccc(Cl)cc1)N1C[C@@H](c2ccccc2)C(c2ccc(Cl)cc2)=N1)c1ccc(F)cc1. The normalized spacial score (nSPS) is 15.8. The molecule has 39 heavy (non-hydrogen) atoms. The lowest BCUT2D eigenvalue weighted by molar-refractivity contribution is 0.480. The summed E-state index contributed by atoms with van der Waals surface area (Å²) in [5, 5.41) is 16.0. The molecular formula is C29H21Cl2FN4O2S. The Labute approximate surface area is 235 Å². The van der Waals surface area contributed by atoms with E-state index in [0.717, 1.165) is 11.1 Å². The van der Waals surface area contributed by atoms with E-state index in [1.54, 1.807) is 12.1 Å². The van der Waals surface area contributed by atoms with Gasteiger partial charge in [-0.1, -0.05) is 65.7 Å². The summed E-state index contributed by atoms with van der Waals surface area (Å²) in [5.74, 6) is -0.925. The molecule has 5 rings (SSSR count). The number of nitrogens with one attached hydrogen (secondary N) is 1. The number of sulfonamides is 1. The maximum absolute atomic E-state index is 13.6. The van der Waals surface area contributed by atoms with E-state index in [4.69, 9.17) is 33.7 Å². The average molecular weight is 579 g/mol. The van der Waals surface area contributed by atoms with Crippen LogP contribution in [0.2, 0.25) is 10.0 Å². The van der Waals surface area contributed by atoms with Crippen molar-refractivity contribution >= 4 is 50.5 Å². The van der Waals surface area contributed by atoms with Crippen molar-refractivity contribution in [1.82, 2.24) is 5.01 Å². The van der Waals surface area contributed by atoms with Crippen LogP contribution >= 0.6 is 23.2 Å². The third-order valence-corrected chi connectivity index (χ3v) is 7.96. The fraction of sp³-hybridized carbons (Fsp3) is 0.0690. The van der Waals surface area contributed by atoms with Crippen molar-refractivity contribution in [2.75, 3.05) is 6.54 Å². The van der Waals surface area contributed by atoms with Crippen molar-refractivity contribution in [2.45, 2.75) is 10.8 Å². The highest BCUT2D eigenvalue weighted by Crippen LogP contribution is 2.30. The second-order valence-corrected chi connectivity index (χ2v) is 11.2. The maximum atomic E-state index is 13.6. The fourth-order valence-electron chi connectivity index (χ4n) is 4.20. The van der Waals surface area contributed by atoms with Gasteiger partial charge in [0.2, 0.25) is 0 Å². The second kappa shape index (κ2) is 11.1. The molecule has 0 saturated heterocycles. The summed E-state index contributed by atoms with van der Waals surface area (Å²) < 4.78 is 44.4. The average Bonchev–Trinajstić information content (AvgIpc) is 3.38. The van der Waals surface area contributed by atoms with Crippen molar-refractivity contribution in [2.24, 2.45) is 9.50 Å². The zero-order chi connectivity index (χ0) is 27.6. The summed E-state index contributed by atoms with van der Waals surface area (Å²) in [6, 6.07) is 27.7. The highest BCUT2D eigenvalue weighted by molar-refractivity contribution is 7.90. The van der Waals surface area contributed by atoms with E-state index in [2.05, 4.69) is 4.40 Å². The van der Waals surface area contributed by atoms with Crippen LogP contribution in [0, 0.1) is 11.2 Å². The van der Waals surface area contributed by atoms with Crippen LogP contribution in [0.1, 0.15) is 22.6 Å². The number of hydrogen-bond donors (Lipinski definition) is 1. The Bertz CT molecular complexity index is 1670. The summed E-state index contributed by atoms with van der Waals surface area (Å²) in [5.41, 5.74) is 2.49. The van der Waals surface area contributed by atoms with E-state index in [1.165, 1.54) is 53.5 Å². The Balaban J connectivity index is 1.64. The van der Waals surface area contributed by atoms with Gasteiger partial charge in [0.25, 0.3) is 10.0 Å². The van der Waals surface area contributed by atoms with Gasteiger partial charge in [-0.05, 0) is 71.8 Å². The zero-order valence-corrected chi connectivity index (χ0v) is 22.6. The lowest BCUT2D eigenvalue weighted by Gasteiger charge is -2.19. The predicted molar refractivity (Wildman–Crippen MR) is 153 cm³/mol. The van der Waals surface area contributed by atoms with Crippen LogP contribution in [-0.2, 0) is 10.0 Å². The number of amidine groups is 1. The Hall–Kier alpha value is -3.85. The molecule has 1 aliphatic heterocycles. The Morgan fingerprint density at radius 2 is 1.46 bits per heavy atom. The van der Waals surface area contributed by atoms with Gasteiger partial charge in [-0.2, -0.15) is 13.5 Å². The Kier molecular flexibility index (Phi) is 7.61. The highest BCUT2D eigenvalue weighted by Gasteiger charge is 2.34. The van der Waals surface area contributed by atoms with Crippen molar-refractivity contribution in [3.05, 3.63) is 136 Å². The minimum absolute atomic E-state index is 0.0861. The van der Waals surface area contributed by atoms with E-state index >= 15 is 0 Å². The molecular weight excluding hydrogens is 558 g/mol. The number of hydrogen-bond acceptors (Lipinski definition) is 4. The minimum Gasteiger partial charge on any atom is -0.296 e. The molecule has 4 aromatic carbocycles. The van der Waals surface area contributed by atoms with E-state index in [1.807, 2.05) is 42.5 Å². The molecule has 6 nitrogen and oxygen atoms in total. The summed E-state index contributed by atoms with van der Waals surface area (Å²) in [7, 11) is -4.26. The van der Waals surface area contributed by atoms with Crippen LogP contribution in [0.4, 0.5) is 4.39 Å². The van der Waals surface area contributed by atoms with Crippen LogP contribution in [0.5, 0.6) is 0 Å². The van der Waals surface area contributed by atoms with Gasteiger partial charge in [-0.25, -0.2) is 9.40 Å². The number of rotatable bonds is 6. The number of nitrogens with zero attached hydrogens (tertiary/aromatic N) is 3. The fourth-order valence-corrected chi connectivity index (χ4v) is 5.45. The molecule has 0 aromatic heterocycles. The largest absolute Gasteiger partial charge is 0.296 e. The second-order valence-electron chi connectivity index (χ2n) is 8.76. The number of halogens is 3. The van der Waals surface area contributed by atoms with E-state index in [0.29, 0.717) is 15.8 Å². The summed E-state index contributed by atoms with van der Waals surface area (Å²) in [6.45, 7) is 0.223. The van der Waals surface area contributed by atoms with Crippen LogP contribution in [-0.4, -0.2) is 37.2 Å². The van der Waals surface area contributed by atoms with E-state index in [9.17, 15) is 12.8 Å². The maximum Gasteiger partial charge on any atom is 0.284 e. The minimum atomic E-state index is -4.26. The van der Waals surface area contributed by atoms with Gasteiger partial charge >= 0.3 is 0 Å². The molecule has 4 aromatic rings. The van der Waals surface area contributed by atoms with Crippen LogP contribution in [0.3, 0.4) is 0 Å². The molecule has 0 aliphatic carbocycles. The molecule has 1 N–H and O–H groups in total. The van der Waals surface area contributed by atoms with Crippen LogP contribution in [0.25, 0.3) is 0 Å². The third-order valence-electron chi connectivity index (χ3n) is 6.18. The van der Waals surface area contributed by atoms with Gasteiger partial charge in [0.1, 0.15) is 11.5 Å². The molecule has 0 saturated carbocycles. The predicted octanol–water partition coefficient (Wildman–Crippen LogP) is 6.79. The molecule has 10 heteroatoms. The first kappa shape index (κ1) is 26.7. The third kappa shape index (κ3) is 5.93. The molecule has 0 fully saturated rings. The van der Waals surface area contributed by atoms with Crippen LogP contribution < -0.4 is 0 Å². The summed E-state index contributed by atoms with van der Waals surface area (Å²) in [6.07, 6.45) is 0. The molecule has 1 atom stereocenters. The molecule has 0 radical (unpaired) electrons. The standard InChI is InChI=1S/C29H21Cl2FN4O2S/c30-22-10-6-21(7-11-22)28-26(19-4-2-1-3-5-19)18-36(34-28)29(27(33)20-8-14-24(32)15-9-20)35-39(37,38)25-16-12-23(31)13-17-25/h1-17,26,33H,18H2/b33-27?,35-29+/t26-/m0/s1. The van der Waals surface area contributed by atoms with Gasteiger partial charge in [-0.3, -0.25) is 5.41 Å². The van der Waals surface area contributed by atoms with Crippen molar-refractivity contribution in [3.8, 4) is 0 Å². The monoisotopic (exact) mass is 578 g/mol. The number of hydrazone groups is 1. The van der Waals surface area contributed by atoms with E-state index < -0.39 is 15.8 Å². The lowest BCUT2D eigenvalue weighted by atomic mass is 9.90. The van der Waals surface area contributed by atoms with Crippen LogP contribution in [0.15, 0.2) is 118 Å². The summed E-state index contributed by atoms with van der Waals surface area (Å²) in [4.78, 5) is -0.0861. The highest BCUT2D eigenvalue weighted by atomic mass is 35.5. The van der Waals surface area contributed by atoms with Crippen molar-refractivity contribution in [1.29, 1.82) is 5.41 Å². The van der Waals surface area contributed by atoms with Gasteiger partial charge in [-0.15, -0.1) is 4.40 Å². The summed E-state index contributed by atoms with van der Waals surface area (Å²) >= 11 is 12.1.